The van der Waals surface area contributed by atoms with E-state index in [0.29, 0.717) is 12.5 Å². The molecule has 2 N–H and O–H groups in total. The Balaban J connectivity index is 0.000000684. The van der Waals surface area contributed by atoms with E-state index in [0.717, 1.165) is 62.6 Å². The van der Waals surface area contributed by atoms with Crippen molar-refractivity contribution in [2.24, 2.45) is 5.92 Å². The van der Waals surface area contributed by atoms with Crippen LogP contribution in [0.3, 0.4) is 0 Å². The second-order valence-corrected chi connectivity index (χ2v) is 9.23. The van der Waals surface area contributed by atoms with Crippen molar-refractivity contribution in [3.63, 3.8) is 0 Å². The Morgan fingerprint density at radius 3 is 2.47 bits per heavy atom. The SMILES string of the molecule is O=C(NC1C2CN3CCN(C2)CC1(c1ccccc1)C3)c1ccc2c(c1)CCO2.O=CO. The van der Waals surface area contributed by atoms with E-state index >= 15 is 0 Å². The molecular formula is C25H29N3O4. The van der Waals surface area contributed by atoms with Gasteiger partial charge in [0.1, 0.15) is 5.75 Å². The maximum absolute atomic E-state index is 13.3. The molecule has 0 spiro atoms. The zero-order valence-corrected chi connectivity index (χ0v) is 18.1. The molecule has 168 valence electrons. The van der Waals surface area contributed by atoms with E-state index in [4.69, 9.17) is 14.6 Å². The number of benzene rings is 2. The summed E-state index contributed by atoms with van der Waals surface area (Å²) in [5, 5.41) is 10.4. The molecule has 5 aliphatic heterocycles. The van der Waals surface area contributed by atoms with Gasteiger partial charge in [0.05, 0.1) is 6.61 Å². The molecule has 3 atom stereocenters. The van der Waals surface area contributed by atoms with E-state index in [1.165, 1.54) is 5.56 Å². The van der Waals surface area contributed by atoms with Crippen LogP contribution in [-0.4, -0.2) is 79.2 Å². The summed E-state index contributed by atoms with van der Waals surface area (Å²) in [4.78, 5) is 26.9. The van der Waals surface area contributed by atoms with E-state index in [-0.39, 0.29) is 23.8 Å². The Hall–Kier alpha value is -2.90. The van der Waals surface area contributed by atoms with Crippen molar-refractivity contribution in [2.75, 3.05) is 45.9 Å². The second-order valence-electron chi connectivity index (χ2n) is 9.23. The lowest BCUT2D eigenvalue weighted by Crippen LogP contribution is -2.70. The first-order valence-corrected chi connectivity index (χ1v) is 11.3. The van der Waals surface area contributed by atoms with Crippen LogP contribution in [0.15, 0.2) is 48.5 Å². The number of amides is 1. The minimum Gasteiger partial charge on any atom is -0.493 e. The van der Waals surface area contributed by atoms with Crippen LogP contribution in [0.4, 0.5) is 0 Å². The van der Waals surface area contributed by atoms with Crippen LogP contribution in [0.25, 0.3) is 0 Å². The number of fused-ring (bicyclic) bond motifs is 2. The zero-order chi connectivity index (χ0) is 22.1. The maximum Gasteiger partial charge on any atom is 0.290 e. The Labute approximate surface area is 188 Å². The lowest BCUT2D eigenvalue weighted by molar-refractivity contribution is -0.122. The van der Waals surface area contributed by atoms with Gasteiger partial charge in [-0.05, 0) is 29.3 Å². The third-order valence-corrected chi connectivity index (χ3v) is 7.38. The highest BCUT2D eigenvalue weighted by atomic mass is 16.5. The molecule has 7 heteroatoms. The van der Waals surface area contributed by atoms with Crippen LogP contribution < -0.4 is 10.1 Å². The first-order chi connectivity index (χ1) is 15.6. The molecule has 5 aliphatic rings. The Morgan fingerprint density at radius 2 is 1.78 bits per heavy atom. The molecule has 5 heterocycles. The molecule has 32 heavy (non-hydrogen) atoms. The van der Waals surface area contributed by atoms with Gasteiger partial charge in [-0.2, -0.15) is 0 Å². The summed E-state index contributed by atoms with van der Waals surface area (Å²) in [7, 11) is 0. The van der Waals surface area contributed by atoms with E-state index in [9.17, 15) is 4.79 Å². The van der Waals surface area contributed by atoms with E-state index in [2.05, 4.69) is 45.4 Å². The van der Waals surface area contributed by atoms with Crippen molar-refractivity contribution in [1.29, 1.82) is 0 Å². The van der Waals surface area contributed by atoms with Gasteiger partial charge in [-0.25, -0.2) is 0 Å². The summed E-state index contributed by atoms with van der Waals surface area (Å²) < 4.78 is 5.61. The largest absolute Gasteiger partial charge is 0.493 e. The molecule has 4 fully saturated rings. The summed E-state index contributed by atoms with van der Waals surface area (Å²) in [6, 6.07) is 16.9. The number of carbonyl (C=O) groups is 2. The van der Waals surface area contributed by atoms with Gasteiger partial charge in [0, 0.05) is 68.6 Å². The molecule has 3 unspecified atom stereocenters. The first kappa shape index (κ1) is 21.0. The lowest BCUT2D eigenvalue weighted by atomic mass is 9.64. The van der Waals surface area contributed by atoms with Crippen molar-refractivity contribution in [2.45, 2.75) is 17.9 Å². The maximum atomic E-state index is 13.3. The van der Waals surface area contributed by atoms with Gasteiger partial charge in [0.2, 0.25) is 0 Å². The number of carbonyl (C=O) groups excluding carboxylic acids is 1. The molecule has 1 amide bonds. The van der Waals surface area contributed by atoms with Crippen molar-refractivity contribution in [3.05, 3.63) is 65.2 Å². The topological polar surface area (TPSA) is 82.1 Å². The third kappa shape index (κ3) is 3.65. The normalized spacial score (nSPS) is 31.5. The van der Waals surface area contributed by atoms with Gasteiger partial charge in [-0.15, -0.1) is 0 Å². The standard InChI is InChI=1S/C24H27N3O2.CH2O2/c28-23(18-6-7-21-17(12-18)8-11-29-21)25-22-19-13-26-9-10-27(14-19)16-24(22,15-26)20-4-2-1-3-5-20;2-1-3/h1-7,12,19,22H,8-11,13-16H2,(H,25,28);1H,(H,2,3). The van der Waals surface area contributed by atoms with Crippen LogP contribution in [0.2, 0.25) is 0 Å². The molecule has 7 rings (SSSR count). The number of piperidine rings is 2. The van der Waals surface area contributed by atoms with Crippen molar-refractivity contribution in [1.82, 2.24) is 15.1 Å². The van der Waals surface area contributed by atoms with Crippen LogP contribution in [-0.2, 0) is 16.6 Å². The Morgan fingerprint density at radius 1 is 1.09 bits per heavy atom. The molecule has 0 radical (unpaired) electrons. The van der Waals surface area contributed by atoms with Gasteiger partial charge >= 0.3 is 0 Å². The number of rotatable bonds is 3. The van der Waals surface area contributed by atoms with E-state index in [1.807, 2.05) is 18.2 Å². The average Bonchev–Trinajstić information content (AvgIpc) is 3.14. The Kier molecular flexibility index (Phi) is 5.61. The molecule has 2 aromatic carbocycles. The predicted molar refractivity (Wildman–Crippen MR) is 120 cm³/mol. The predicted octanol–water partition coefficient (Wildman–Crippen LogP) is 1.62. The highest BCUT2D eigenvalue weighted by Crippen LogP contribution is 2.43. The molecule has 0 aromatic heterocycles. The number of hydrogen-bond acceptors (Lipinski definition) is 5. The Bertz CT molecular complexity index is 980. The summed E-state index contributed by atoms with van der Waals surface area (Å²) in [6.45, 7) is 6.93. The lowest BCUT2D eigenvalue weighted by Gasteiger charge is -2.55. The van der Waals surface area contributed by atoms with Crippen LogP contribution in [0.1, 0.15) is 21.5 Å². The van der Waals surface area contributed by atoms with Gasteiger partial charge < -0.3 is 25.0 Å². The van der Waals surface area contributed by atoms with Crippen molar-refractivity contribution >= 4 is 12.4 Å². The van der Waals surface area contributed by atoms with E-state index < -0.39 is 0 Å². The van der Waals surface area contributed by atoms with Gasteiger partial charge in [0.15, 0.2) is 0 Å². The number of ether oxygens (including phenoxy) is 1. The monoisotopic (exact) mass is 435 g/mol. The third-order valence-electron chi connectivity index (χ3n) is 7.38. The number of hydrogen-bond donors (Lipinski definition) is 2. The molecule has 4 saturated heterocycles. The summed E-state index contributed by atoms with van der Waals surface area (Å²) in [5.74, 6) is 1.44. The number of nitrogens with one attached hydrogen (secondary N) is 1. The molecule has 0 aliphatic carbocycles. The van der Waals surface area contributed by atoms with Gasteiger partial charge in [0.25, 0.3) is 12.4 Å². The number of nitrogens with zero attached hydrogens (tertiary/aromatic N) is 2. The summed E-state index contributed by atoms with van der Waals surface area (Å²) >= 11 is 0. The fourth-order valence-electron chi connectivity index (χ4n) is 6.12. The average molecular weight is 436 g/mol. The second kappa shape index (κ2) is 8.56. The van der Waals surface area contributed by atoms with Crippen LogP contribution >= 0.6 is 0 Å². The number of carboxylic acid groups (broad SMARTS) is 1. The minimum absolute atomic E-state index is 0.0472. The molecule has 4 bridgehead atoms. The van der Waals surface area contributed by atoms with Gasteiger partial charge in [-0.1, -0.05) is 30.3 Å². The molecule has 0 saturated carbocycles. The summed E-state index contributed by atoms with van der Waals surface area (Å²) in [5.41, 5.74) is 3.21. The highest BCUT2D eigenvalue weighted by Gasteiger charge is 2.55. The first-order valence-electron chi connectivity index (χ1n) is 11.3. The molecular weight excluding hydrogens is 406 g/mol. The highest BCUT2D eigenvalue weighted by molar-refractivity contribution is 5.95. The van der Waals surface area contributed by atoms with Crippen molar-refractivity contribution < 1.29 is 19.4 Å². The fraction of sp³-hybridized carbons (Fsp3) is 0.440. The zero-order valence-electron chi connectivity index (χ0n) is 18.1. The van der Waals surface area contributed by atoms with Crippen LogP contribution in [0.5, 0.6) is 5.75 Å². The van der Waals surface area contributed by atoms with E-state index in [1.54, 1.807) is 0 Å². The summed E-state index contributed by atoms with van der Waals surface area (Å²) in [6.07, 6.45) is 0.889. The molecule has 7 nitrogen and oxygen atoms in total. The smallest absolute Gasteiger partial charge is 0.290 e. The van der Waals surface area contributed by atoms with Crippen molar-refractivity contribution in [3.8, 4) is 5.75 Å². The van der Waals surface area contributed by atoms with Gasteiger partial charge in [-0.3, -0.25) is 9.59 Å². The van der Waals surface area contributed by atoms with Crippen LogP contribution in [0, 0.1) is 5.92 Å². The molecule has 2 aromatic rings. The fourth-order valence-corrected chi connectivity index (χ4v) is 6.12. The quantitative estimate of drug-likeness (QED) is 0.713. The minimum atomic E-state index is -0.250.